The molecule has 0 spiro atoms. The van der Waals surface area contributed by atoms with E-state index in [9.17, 15) is 0 Å². The van der Waals surface area contributed by atoms with E-state index in [0.29, 0.717) is 12.2 Å². The molecule has 2 saturated heterocycles. The Morgan fingerprint density at radius 2 is 2.00 bits per heavy atom. The number of nitrogens with zero attached hydrogens (tertiary/aromatic N) is 3. The lowest BCUT2D eigenvalue weighted by Crippen LogP contribution is -2.47. The van der Waals surface area contributed by atoms with Crippen LogP contribution in [-0.4, -0.2) is 69.5 Å². The maximum atomic E-state index is 6.10. The highest BCUT2D eigenvalue weighted by atomic mass is 127. The Bertz CT molecular complexity index is 705. The quantitative estimate of drug-likeness (QED) is 0.267. The third kappa shape index (κ3) is 6.34. The predicted molar refractivity (Wildman–Crippen MR) is 133 cm³/mol. The molecule has 1 N–H and O–H groups in total. The highest BCUT2D eigenvalue weighted by molar-refractivity contribution is 14.0. The molecule has 1 unspecified atom stereocenters. The number of aliphatic imine (C=N–C) groups is 1. The van der Waals surface area contributed by atoms with Crippen molar-refractivity contribution in [3.63, 3.8) is 0 Å². The Balaban J connectivity index is 0.00000256. The molecule has 2 fully saturated rings. The van der Waals surface area contributed by atoms with Crippen molar-refractivity contribution in [3.05, 3.63) is 42.0 Å². The number of guanidine groups is 1. The van der Waals surface area contributed by atoms with Gasteiger partial charge in [-0.1, -0.05) is 24.3 Å². The van der Waals surface area contributed by atoms with Crippen LogP contribution in [0.25, 0.3) is 0 Å². The van der Waals surface area contributed by atoms with Crippen LogP contribution in [0.3, 0.4) is 0 Å². The van der Waals surface area contributed by atoms with E-state index < -0.39 is 0 Å². The van der Waals surface area contributed by atoms with Crippen molar-refractivity contribution in [1.29, 1.82) is 0 Å². The zero-order valence-electron chi connectivity index (χ0n) is 18.0. The molecule has 6 nitrogen and oxygen atoms in total. The Morgan fingerprint density at radius 1 is 1.20 bits per heavy atom. The molecule has 3 heterocycles. The SMILES string of the molecule is CN=C(NCc1cccc(N2CC=CC2)c1)N1CCC(OCC2CCCO2)CC1.I. The van der Waals surface area contributed by atoms with Crippen molar-refractivity contribution in [2.24, 2.45) is 4.99 Å². The number of ether oxygens (including phenoxy) is 2. The number of piperidine rings is 1. The molecule has 166 valence electrons. The lowest BCUT2D eigenvalue weighted by molar-refractivity contribution is -0.0367. The maximum absolute atomic E-state index is 6.10. The third-order valence-corrected chi connectivity index (χ3v) is 6.04. The summed E-state index contributed by atoms with van der Waals surface area (Å²) < 4.78 is 11.8. The summed E-state index contributed by atoms with van der Waals surface area (Å²) >= 11 is 0. The number of anilines is 1. The van der Waals surface area contributed by atoms with Crippen molar-refractivity contribution in [3.8, 4) is 0 Å². The zero-order chi connectivity index (χ0) is 19.9. The monoisotopic (exact) mass is 526 g/mol. The normalized spacial score (nSPS) is 22.4. The van der Waals surface area contributed by atoms with Gasteiger partial charge in [0.15, 0.2) is 5.96 Å². The van der Waals surface area contributed by atoms with E-state index in [4.69, 9.17) is 9.47 Å². The fourth-order valence-corrected chi connectivity index (χ4v) is 4.32. The number of benzene rings is 1. The molecule has 7 heteroatoms. The summed E-state index contributed by atoms with van der Waals surface area (Å²) in [4.78, 5) is 9.23. The van der Waals surface area contributed by atoms with Gasteiger partial charge < -0.3 is 24.6 Å². The van der Waals surface area contributed by atoms with Gasteiger partial charge in [-0.2, -0.15) is 0 Å². The number of halogens is 1. The minimum Gasteiger partial charge on any atom is -0.376 e. The first-order chi connectivity index (χ1) is 14.3. The van der Waals surface area contributed by atoms with E-state index in [-0.39, 0.29) is 24.0 Å². The second-order valence-corrected chi connectivity index (χ2v) is 8.10. The zero-order valence-corrected chi connectivity index (χ0v) is 20.3. The molecule has 0 aromatic heterocycles. The Kier molecular flexibility index (Phi) is 9.27. The molecule has 3 aliphatic heterocycles. The Hall–Kier alpha value is -1.32. The van der Waals surface area contributed by atoms with Crippen molar-refractivity contribution in [2.75, 3.05) is 51.3 Å². The first-order valence-electron chi connectivity index (χ1n) is 11.0. The van der Waals surface area contributed by atoms with Crippen molar-refractivity contribution in [1.82, 2.24) is 10.2 Å². The van der Waals surface area contributed by atoms with Gasteiger partial charge in [0.2, 0.25) is 0 Å². The minimum absolute atomic E-state index is 0. The second-order valence-electron chi connectivity index (χ2n) is 8.10. The van der Waals surface area contributed by atoms with Crippen LogP contribution < -0.4 is 10.2 Å². The van der Waals surface area contributed by atoms with Gasteiger partial charge in [-0.05, 0) is 43.4 Å². The number of hydrogen-bond acceptors (Lipinski definition) is 4. The van der Waals surface area contributed by atoms with E-state index in [1.165, 1.54) is 17.7 Å². The fourth-order valence-electron chi connectivity index (χ4n) is 4.32. The molecule has 1 atom stereocenters. The van der Waals surface area contributed by atoms with Gasteiger partial charge in [0.05, 0.1) is 18.8 Å². The summed E-state index contributed by atoms with van der Waals surface area (Å²) in [5, 5.41) is 3.55. The number of hydrogen-bond donors (Lipinski definition) is 1. The summed E-state index contributed by atoms with van der Waals surface area (Å²) in [5.74, 6) is 0.982. The van der Waals surface area contributed by atoms with Gasteiger partial charge in [-0.3, -0.25) is 4.99 Å². The van der Waals surface area contributed by atoms with E-state index in [0.717, 1.165) is 71.2 Å². The first kappa shape index (κ1) is 23.3. The van der Waals surface area contributed by atoms with Gasteiger partial charge in [0.25, 0.3) is 0 Å². The van der Waals surface area contributed by atoms with Gasteiger partial charge in [-0.15, -0.1) is 24.0 Å². The molecule has 1 aromatic rings. The van der Waals surface area contributed by atoms with Crippen LogP contribution in [0.4, 0.5) is 5.69 Å². The molecule has 0 amide bonds. The first-order valence-corrected chi connectivity index (χ1v) is 11.0. The second kappa shape index (κ2) is 11.9. The summed E-state index contributed by atoms with van der Waals surface area (Å²) in [6, 6.07) is 8.79. The van der Waals surface area contributed by atoms with Crippen molar-refractivity contribution >= 4 is 35.6 Å². The highest BCUT2D eigenvalue weighted by Gasteiger charge is 2.24. The summed E-state index contributed by atoms with van der Waals surface area (Å²) in [5.41, 5.74) is 2.57. The largest absolute Gasteiger partial charge is 0.376 e. The van der Waals surface area contributed by atoms with E-state index in [2.05, 4.69) is 56.5 Å². The van der Waals surface area contributed by atoms with E-state index >= 15 is 0 Å². The lowest BCUT2D eigenvalue weighted by atomic mass is 10.1. The molecular formula is C23H35IN4O2. The smallest absolute Gasteiger partial charge is 0.193 e. The molecular weight excluding hydrogens is 491 g/mol. The molecule has 0 bridgehead atoms. The highest BCUT2D eigenvalue weighted by Crippen LogP contribution is 2.20. The molecule has 4 rings (SSSR count). The maximum Gasteiger partial charge on any atom is 0.193 e. The van der Waals surface area contributed by atoms with Gasteiger partial charge in [0, 0.05) is 52.1 Å². The van der Waals surface area contributed by atoms with E-state index in [1.807, 2.05) is 7.05 Å². The van der Waals surface area contributed by atoms with Crippen LogP contribution in [0.15, 0.2) is 41.4 Å². The molecule has 30 heavy (non-hydrogen) atoms. The van der Waals surface area contributed by atoms with Crippen LogP contribution in [-0.2, 0) is 16.0 Å². The van der Waals surface area contributed by atoms with E-state index in [1.54, 1.807) is 0 Å². The standard InChI is InChI=1S/C23H34N4O2.HI/c1-24-23(25-17-19-6-4-7-20(16-19)26-11-2-3-12-26)27-13-9-21(10-14-27)29-18-22-8-5-15-28-22;/h2-4,6-7,16,21-22H,5,8-15,17-18H2,1H3,(H,24,25);1H. The van der Waals surface area contributed by atoms with Crippen LogP contribution in [0.1, 0.15) is 31.2 Å². The molecule has 1 aromatic carbocycles. The molecule has 0 saturated carbocycles. The summed E-state index contributed by atoms with van der Waals surface area (Å²) in [6.07, 6.45) is 9.52. The van der Waals surface area contributed by atoms with Crippen molar-refractivity contribution in [2.45, 2.75) is 44.4 Å². The Morgan fingerprint density at radius 3 is 2.70 bits per heavy atom. The summed E-state index contributed by atoms with van der Waals surface area (Å²) in [7, 11) is 1.87. The number of rotatable bonds is 6. The topological polar surface area (TPSA) is 49.3 Å². The van der Waals surface area contributed by atoms with Crippen molar-refractivity contribution < 1.29 is 9.47 Å². The number of likely N-dealkylation sites (tertiary alicyclic amines) is 1. The van der Waals surface area contributed by atoms with Crippen LogP contribution >= 0.6 is 24.0 Å². The van der Waals surface area contributed by atoms with Crippen LogP contribution in [0.5, 0.6) is 0 Å². The van der Waals surface area contributed by atoms with Gasteiger partial charge in [0.1, 0.15) is 0 Å². The van der Waals surface area contributed by atoms with Gasteiger partial charge >= 0.3 is 0 Å². The average Bonchev–Trinajstić information content (AvgIpc) is 3.48. The molecule has 3 aliphatic rings. The third-order valence-electron chi connectivity index (χ3n) is 6.04. The minimum atomic E-state index is 0. The Labute approximate surface area is 197 Å². The fraction of sp³-hybridized carbons (Fsp3) is 0.609. The molecule has 0 aliphatic carbocycles. The van der Waals surface area contributed by atoms with Crippen LogP contribution in [0, 0.1) is 0 Å². The molecule has 0 radical (unpaired) electrons. The van der Waals surface area contributed by atoms with Gasteiger partial charge in [-0.25, -0.2) is 0 Å². The predicted octanol–water partition coefficient (Wildman–Crippen LogP) is 3.42. The average molecular weight is 526 g/mol. The van der Waals surface area contributed by atoms with Crippen LogP contribution in [0.2, 0.25) is 0 Å². The number of nitrogens with one attached hydrogen (secondary N) is 1. The lowest BCUT2D eigenvalue weighted by Gasteiger charge is -2.34. The summed E-state index contributed by atoms with van der Waals surface area (Å²) in [6.45, 7) is 6.40.